The minimum atomic E-state index is -1.94. The third-order valence-corrected chi connectivity index (χ3v) is 11.0. The van der Waals surface area contributed by atoms with Crippen molar-refractivity contribution in [1.82, 2.24) is 20.5 Å². The first kappa shape index (κ1) is 39.2. The molecule has 12 heteroatoms. The van der Waals surface area contributed by atoms with Crippen LogP contribution in [0.4, 0.5) is 4.39 Å². The molecule has 1 aliphatic heterocycles. The number of nitrogens with one attached hydrogen (secondary N) is 2. The van der Waals surface area contributed by atoms with Gasteiger partial charge >= 0.3 is 0 Å². The van der Waals surface area contributed by atoms with Gasteiger partial charge in [-0.15, -0.1) is 11.3 Å². The monoisotopic (exact) mass is 764 g/mol. The molecule has 49 heavy (non-hydrogen) atoms. The molecule has 272 valence electrons. The highest BCUT2D eigenvalue weighted by Crippen LogP contribution is 2.40. The maximum absolute atomic E-state index is 14.5. The molecule has 0 bridgehead atoms. The van der Waals surface area contributed by atoms with E-state index in [2.05, 4.69) is 31.5 Å². The number of halogens is 2. The van der Waals surface area contributed by atoms with E-state index in [1.807, 2.05) is 30.6 Å². The summed E-state index contributed by atoms with van der Waals surface area (Å²) in [5.74, 6) is -1.03. The van der Waals surface area contributed by atoms with E-state index >= 15 is 0 Å². The Hall–Kier alpha value is -2.57. The Kier molecular flexibility index (Phi) is 14.5. The lowest BCUT2D eigenvalue weighted by Gasteiger charge is -2.35. The second-order valence-electron chi connectivity index (χ2n) is 14.7. The molecule has 1 saturated heterocycles. The number of ether oxygens (including phenoxy) is 1. The Morgan fingerprint density at radius 1 is 1.10 bits per heavy atom. The van der Waals surface area contributed by atoms with Crippen molar-refractivity contribution in [3.05, 3.63) is 35.0 Å². The number of aliphatic hydroxyl groups is 1. The predicted molar refractivity (Wildman–Crippen MR) is 196 cm³/mol. The maximum atomic E-state index is 14.5. The summed E-state index contributed by atoms with van der Waals surface area (Å²) in [4.78, 5) is 46.8. The molecular formula is C37H54BrFN4O5S. The number of β-amino-alcohol motifs (C(OH)–C–C–N with tert-alkyl or cyclic N) is 1. The summed E-state index contributed by atoms with van der Waals surface area (Å²) in [5.41, 5.74) is 1.88. The Labute approximate surface area is 303 Å². The topological polar surface area (TPSA) is 121 Å². The third kappa shape index (κ3) is 11.2. The van der Waals surface area contributed by atoms with E-state index in [4.69, 9.17) is 4.74 Å². The van der Waals surface area contributed by atoms with Crippen LogP contribution in [0, 0.1) is 12.3 Å². The Morgan fingerprint density at radius 2 is 1.76 bits per heavy atom. The van der Waals surface area contributed by atoms with Crippen molar-refractivity contribution in [2.24, 2.45) is 5.41 Å². The predicted octanol–water partition coefficient (Wildman–Crippen LogP) is 7.01. The smallest absolute Gasteiger partial charge is 0.258 e. The van der Waals surface area contributed by atoms with Gasteiger partial charge in [-0.2, -0.15) is 0 Å². The molecule has 4 rings (SSSR count). The molecule has 3 N–H and O–H groups in total. The maximum Gasteiger partial charge on any atom is 0.258 e. The van der Waals surface area contributed by atoms with Crippen molar-refractivity contribution in [3.63, 3.8) is 0 Å². The van der Waals surface area contributed by atoms with Gasteiger partial charge in [0.2, 0.25) is 11.8 Å². The van der Waals surface area contributed by atoms with Gasteiger partial charge in [0.1, 0.15) is 17.8 Å². The molecule has 1 saturated carbocycles. The van der Waals surface area contributed by atoms with E-state index in [0.717, 1.165) is 39.9 Å². The number of thiazole rings is 1. The number of aryl methyl sites for hydroxylation is 1. The summed E-state index contributed by atoms with van der Waals surface area (Å²) in [6, 6.07) is 3.95. The molecule has 9 nitrogen and oxygen atoms in total. The van der Waals surface area contributed by atoms with Crippen LogP contribution < -0.4 is 15.4 Å². The summed E-state index contributed by atoms with van der Waals surface area (Å²) in [5, 5.41) is 17.2. The van der Waals surface area contributed by atoms with Crippen molar-refractivity contribution in [2.75, 3.05) is 18.5 Å². The van der Waals surface area contributed by atoms with Crippen LogP contribution in [0.15, 0.2) is 23.7 Å². The number of carbonyl (C=O) groups is 3. The molecular weight excluding hydrogens is 711 g/mol. The lowest BCUT2D eigenvalue weighted by atomic mass is 9.85. The first-order valence-corrected chi connectivity index (χ1v) is 19.8. The van der Waals surface area contributed by atoms with E-state index < -0.39 is 47.0 Å². The molecule has 0 unspecified atom stereocenters. The van der Waals surface area contributed by atoms with Gasteiger partial charge in [-0.25, -0.2) is 9.37 Å². The largest absolute Gasteiger partial charge is 0.493 e. The number of unbranched alkanes of at least 4 members (excludes halogenated alkanes) is 8. The van der Waals surface area contributed by atoms with Gasteiger partial charge in [0, 0.05) is 30.4 Å². The van der Waals surface area contributed by atoms with Crippen LogP contribution >= 0.6 is 27.3 Å². The summed E-state index contributed by atoms with van der Waals surface area (Å²) in [6.45, 7) is 8.00. The van der Waals surface area contributed by atoms with Crippen LogP contribution in [0.25, 0.3) is 10.4 Å². The quantitative estimate of drug-likeness (QED) is 0.105. The van der Waals surface area contributed by atoms with Crippen LogP contribution in [0.5, 0.6) is 5.75 Å². The lowest BCUT2D eigenvalue weighted by molar-refractivity contribution is -0.145. The van der Waals surface area contributed by atoms with Gasteiger partial charge < -0.3 is 25.4 Å². The normalized spacial score (nSPS) is 19.0. The van der Waals surface area contributed by atoms with Crippen LogP contribution in [0.3, 0.4) is 0 Å². The molecule has 2 heterocycles. The Morgan fingerprint density at radius 3 is 2.35 bits per heavy atom. The van der Waals surface area contributed by atoms with E-state index in [0.29, 0.717) is 12.4 Å². The summed E-state index contributed by atoms with van der Waals surface area (Å²) < 4.78 is 20.8. The molecule has 1 aromatic carbocycles. The number of carbonyl (C=O) groups excluding carboxylic acids is 3. The standard InChI is InChI=1S/C37H54BrFN4O5S/c1-25-31(49-24-41-25)26-14-15-27(30(20-26)48-19-13-11-9-7-5-6-8-10-12-18-38)22-40-33(45)29-21-28(44)23-43(29)34(46)32(36(2,3)4)42-35(47)37(39)16-17-37/h14-15,20,24,28-29,32,44H,5-13,16-19,21-23H2,1-4H3,(H,40,45)(H,42,47)/t28-,29+,32-/m1/s1. The second-order valence-corrected chi connectivity index (χ2v) is 16.3. The van der Waals surface area contributed by atoms with Crippen LogP contribution in [-0.2, 0) is 20.9 Å². The molecule has 2 aliphatic rings. The van der Waals surface area contributed by atoms with Gasteiger partial charge in [-0.1, -0.05) is 93.8 Å². The van der Waals surface area contributed by atoms with Crippen molar-refractivity contribution in [1.29, 1.82) is 0 Å². The molecule has 2 aromatic rings. The van der Waals surface area contributed by atoms with Gasteiger partial charge in [-0.3, -0.25) is 14.4 Å². The van der Waals surface area contributed by atoms with Crippen LogP contribution in [-0.4, -0.2) is 75.1 Å². The SMILES string of the molecule is Cc1ncsc1-c1ccc(CNC(=O)[C@@H]2C[C@@H](O)CN2C(=O)[C@@H](NC(=O)C2(F)CC2)C(C)(C)C)c(OCCCCCCCCCCCBr)c1. The first-order chi connectivity index (χ1) is 23.3. The number of nitrogens with zero attached hydrogens (tertiary/aromatic N) is 2. The van der Waals surface area contributed by atoms with E-state index in [9.17, 15) is 23.9 Å². The fraction of sp³-hybridized carbons (Fsp3) is 0.676. The van der Waals surface area contributed by atoms with E-state index in [1.54, 1.807) is 32.1 Å². The van der Waals surface area contributed by atoms with Crippen molar-refractivity contribution in [2.45, 2.75) is 135 Å². The van der Waals surface area contributed by atoms with Gasteiger partial charge in [0.25, 0.3) is 5.91 Å². The summed E-state index contributed by atoms with van der Waals surface area (Å²) >= 11 is 5.06. The Balaban J connectivity index is 1.38. The van der Waals surface area contributed by atoms with Crippen LogP contribution in [0.2, 0.25) is 0 Å². The van der Waals surface area contributed by atoms with Gasteiger partial charge in [0.15, 0.2) is 5.67 Å². The zero-order valence-electron chi connectivity index (χ0n) is 29.5. The minimum absolute atomic E-state index is 0.0471. The van der Waals surface area contributed by atoms with Crippen molar-refractivity contribution >= 4 is 45.0 Å². The average Bonchev–Trinajstić information content (AvgIpc) is 3.47. The number of hydrogen-bond acceptors (Lipinski definition) is 7. The zero-order valence-corrected chi connectivity index (χ0v) is 31.9. The van der Waals surface area contributed by atoms with Gasteiger partial charge in [-0.05, 0) is 49.7 Å². The van der Waals surface area contributed by atoms with Crippen LogP contribution in [0.1, 0.15) is 109 Å². The number of benzene rings is 1. The Bertz CT molecular complexity index is 1410. The number of hydrogen-bond donors (Lipinski definition) is 3. The van der Waals surface area contributed by atoms with Crippen molar-refractivity contribution in [3.8, 4) is 16.2 Å². The minimum Gasteiger partial charge on any atom is -0.493 e. The summed E-state index contributed by atoms with van der Waals surface area (Å²) in [7, 11) is 0. The number of alkyl halides is 2. The lowest BCUT2D eigenvalue weighted by Crippen LogP contribution is -2.59. The number of aromatic nitrogens is 1. The summed E-state index contributed by atoms with van der Waals surface area (Å²) in [6.07, 6.45) is 10.3. The third-order valence-electron chi connectivity index (χ3n) is 9.41. The zero-order chi connectivity index (χ0) is 35.6. The molecule has 1 aromatic heterocycles. The average molecular weight is 766 g/mol. The fourth-order valence-electron chi connectivity index (χ4n) is 6.19. The number of likely N-dealkylation sites (tertiary alicyclic amines) is 1. The number of amides is 3. The highest BCUT2D eigenvalue weighted by molar-refractivity contribution is 9.09. The van der Waals surface area contributed by atoms with Crippen molar-refractivity contribution < 1.29 is 28.6 Å². The van der Waals surface area contributed by atoms with E-state index in [-0.39, 0.29) is 32.4 Å². The number of aliphatic hydroxyl groups excluding tert-OH is 1. The molecule has 1 aliphatic carbocycles. The van der Waals surface area contributed by atoms with Gasteiger partial charge in [0.05, 0.1) is 28.8 Å². The second kappa shape index (κ2) is 18.1. The number of rotatable bonds is 19. The van der Waals surface area contributed by atoms with E-state index in [1.165, 1.54) is 49.8 Å². The highest BCUT2D eigenvalue weighted by Gasteiger charge is 2.53. The molecule has 0 spiro atoms. The molecule has 3 amide bonds. The molecule has 3 atom stereocenters. The highest BCUT2D eigenvalue weighted by atomic mass is 79.9. The first-order valence-electron chi connectivity index (χ1n) is 17.8. The molecule has 2 fully saturated rings. The fourth-order valence-corrected chi connectivity index (χ4v) is 7.39. The molecule has 0 radical (unpaired) electrons.